The average Bonchev–Trinajstić information content (AvgIpc) is 2.12. The Morgan fingerprint density at radius 1 is 1.56 bits per heavy atom. The van der Waals surface area contributed by atoms with Crippen LogP contribution in [0.2, 0.25) is 5.15 Å². The molecule has 1 heterocycles. The van der Waals surface area contributed by atoms with Crippen molar-refractivity contribution in [1.82, 2.24) is 9.97 Å². The van der Waals surface area contributed by atoms with Crippen LogP contribution in [0.3, 0.4) is 0 Å². The number of carbonyl (C=O) groups is 1. The smallest absolute Gasteiger partial charge is 0.316 e. The summed E-state index contributed by atoms with van der Waals surface area (Å²) in [6.07, 6.45) is -0.0937. The van der Waals surface area contributed by atoms with E-state index >= 15 is 0 Å². The average molecular weight is 261 g/mol. The van der Waals surface area contributed by atoms with E-state index in [1.54, 1.807) is 13.0 Å². The maximum Gasteiger partial charge on any atom is 0.316 e. The molecule has 0 radical (unpaired) electrons. The zero-order valence-electron chi connectivity index (χ0n) is 9.36. The van der Waals surface area contributed by atoms with Crippen LogP contribution in [0, 0.1) is 6.92 Å². The molecule has 0 spiro atoms. The van der Waals surface area contributed by atoms with E-state index in [0.29, 0.717) is 16.0 Å². The van der Waals surface area contributed by atoms with Crippen molar-refractivity contribution in [2.24, 2.45) is 0 Å². The van der Waals surface area contributed by atoms with Crippen molar-refractivity contribution in [1.29, 1.82) is 0 Å². The Balaban J connectivity index is 2.51. The molecule has 1 aromatic heterocycles. The SMILES string of the molecule is Cc1nc(Cl)cc(SCC(=O)OC(C)C)n1. The molecule has 6 heteroatoms. The van der Waals surface area contributed by atoms with E-state index in [2.05, 4.69) is 9.97 Å². The molecule has 0 aliphatic carbocycles. The van der Waals surface area contributed by atoms with Crippen LogP contribution >= 0.6 is 23.4 Å². The molecule has 0 saturated carbocycles. The van der Waals surface area contributed by atoms with Crippen molar-refractivity contribution in [3.8, 4) is 0 Å². The molecular formula is C10H13ClN2O2S. The third-order valence-corrected chi connectivity index (χ3v) is 2.57. The van der Waals surface area contributed by atoms with Crippen LogP contribution in [0.4, 0.5) is 0 Å². The fourth-order valence-electron chi connectivity index (χ4n) is 1.01. The summed E-state index contributed by atoms with van der Waals surface area (Å²) in [4.78, 5) is 19.4. The van der Waals surface area contributed by atoms with E-state index in [9.17, 15) is 4.79 Å². The summed E-state index contributed by atoms with van der Waals surface area (Å²) in [5.41, 5.74) is 0. The van der Waals surface area contributed by atoms with Gasteiger partial charge in [-0.25, -0.2) is 9.97 Å². The highest BCUT2D eigenvalue weighted by molar-refractivity contribution is 7.99. The summed E-state index contributed by atoms with van der Waals surface area (Å²) in [7, 11) is 0. The predicted octanol–water partition coefficient (Wildman–Crippen LogP) is 2.48. The van der Waals surface area contributed by atoms with Gasteiger partial charge in [0.25, 0.3) is 0 Å². The van der Waals surface area contributed by atoms with Gasteiger partial charge in [0.05, 0.1) is 11.9 Å². The first-order chi connectivity index (χ1) is 7.47. The molecule has 88 valence electrons. The lowest BCUT2D eigenvalue weighted by Crippen LogP contribution is -2.13. The van der Waals surface area contributed by atoms with Crippen molar-refractivity contribution < 1.29 is 9.53 Å². The highest BCUT2D eigenvalue weighted by Crippen LogP contribution is 2.18. The molecule has 16 heavy (non-hydrogen) atoms. The van der Waals surface area contributed by atoms with Crippen molar-refractivity contribution in [2.45, 2.75) is 31.9 Å². The third kappa shape index (κ3) is 4.81. The Morgan fingerprint density at radius 3 is 2.81 bits per heavy atom. The Kier molecular flexibility index (Phi) is 5.02. The van der Waals surface area contributed by atoms with E-state index in [4.69, 9.17) is 16.3 Å². The number of thioether (sulfide) groups is 1. The van der Waals surface area contributed by atoms with E-state index in [0.717, 1.165) is 0 Å². The second-order valence-corrected chi connectivity index (χ2v) is 4.79. The van der Waals surface area contributed by atoms with Gasteiger partial charge in [0.2, 0.25) is 0 Å². The number of hydrogen-bond acceptors (Lipinski definition) is 5. The van der Waals surface area contributed by atoms with Crippen LogP contribution in [0.15, 0.2) is 11.1 Å². The minimum absolute atomic E-state index is 0.0937. The monoisotopic (exact) mass is 260 g/mol. The first kappa shape index (κ1) is 13.3. The molecule has 0 saturated heterocycles. The van der Waals surface area contributed by atoms with Gasteiger partial charge in [-0.2, -0.15) is 0 Å². The summed E-state index contributed by atoms with van der Waals surface area (Å²) in [6.45, 7) is 5.38. The fourth-order valence-corrected chi connectivity index (χ4v) is 2.02. The quantitative estimate of drug-likeness (QED) is 0.473. The molecule has 0 aliphatic heterocycles. The topological polar surface area (TPSA) is 52.1 Å². The molecule has 0 fully saturated rings. The molecule has 0 aliphatic rings. The zero-order valence-corrected chi connectivity index (χ0v) is 10.9. The minimum atomic E-state index is -0.257. The minimum Gasteiger partial charge on any atom is -0.462 e. The standard InChI is InChI=1S/C10H13ClN2O2S/c1-6(2)15-10(14)5-16-9-4-8(11)12-7(3)13-9/h4,6H,5H2,1-3H3. The van der Waals surface area contributed by atoms with Gasteiger partial charge >= 0.3 is 5.97 Å². The number of hydrogen-bond donors (Lipinski definition) is 0. The molecule has 0 N–H and O–H groups in total. The number of aromatic nitrogens is 2. The molecule has 1 aromatic rings. The number of aryl methyl sites for hydroxylation is 1. The second-order valence-electron chi connectivity index (χ2n) is 3.40. The van der Waals surface area contributed by atoms with Crippen molar-refractivity contribution in [3.63, 3.8) is 0 Å². The van der Waals surface area contributed by atoms with Crippen LogP contribution in [0.5, 0.6) is 0 Å². The molecular weight excluding hydrogens is 248 g/mol. The molecule has 0 unspecified atom stereocenters. The van der Waals surface area contributed by atoms with E-state index in [1.165, 1.54) is 11.8 Å². The zero-order chi connectivity index (χ0) is 12.1. The van der Waals surface area contributed by atoms with Crippen LogP contribution in [0.25, 0.3) is 0 Å². The Bertz CT molecular complexity index is 365. The molecule has 4 nitrogen and oxygen atoms in total. The number of carbonyl (C=O) groups excluding carboxylic acids is 1. The Morgan fingerprint density at radius 2 is 2.25 bits per heavy atom. The van der Waals surface area contributed by atoms with Crippen molar-refractivity contribution in [2.75, 3.05) is 5.75 Å². The highest BCUT2D eigenvalue weighted by Gasteiger charge is 2.08. The van der Waals surface area contributed by atoms with Gasteiger partial charge in [-0.3, -0.25) is 4.79 Å². The molecule has 0 aromatic carbocycles. The normalized spacial score (nSPS) is 10.6. The first-order valence-corrected chi connectivity index (χ1v) is 6.17. The molecule has 1 rings (SSSR count). The van der Waals surface area contributed by atoms with Crippen molar-refractivity contribution >= 4 is 29.3 Å². The summed E-state index contributed by atoms with van der Waals surface area (Å²) in [6, 6.07) is 1.63. The second kappa shape index (κ2) is 6.06. The number of halogens is 1. The molecule has 0 bridgehead atoms. The van der Waals surface area contributed by atoms with Crippen LogP contribution in [-0.2, 0) is 9.53 Å². The van der Waals surface area contributed by atoms with E-state index < -0.39 is 0 Å². The van der Waals surface area contributed by atoms with E-state index in [-0.39, 0.29) is 17.8 Å². The highest BCUT2D eigenvalue weighted by atomic mass is 35.5. The number of esters is 1. The Labute approximate surface area is 104 Å². The maximum atomic E-state index is 11.3. The Hall–Kier alpha value is -0.810. The lowest BCUT2D eigenvalue weighted by atomic mass is 10.5. The van der Waals surface area contributed by atoms with Gasteiger partial charge < -0.3 is 4.74 Å². The van der Waals surface area contributed by atoms with Gasteiger partial charge in [0.1, 0.15) is 16.0 Å². The van der Waals surface area contributed by atoms with Crippen LogP contribution < -0.4 is 0 Å². The first-order valence-electron chi connectivity index (χ1n) is 4.81. The van der Waals surface area contributed by atoms with Gasteiger partial charge in [0, 0.05) is 6.07 Å². The summed E-state index contributed by atoms with van der Waals surface area (Å²) < 4.78 is 5.00. The van der Waals surface area contributed by atoms with Gasteiger partial charge in [-0.15, -0.1) is 0 Å². The van der Waals surface area contributed by atoms with Crippen molar-refractivity contribution in [3.05, 3.63) is 17.0 Å². The summed E-state index contributed by atoms with van der Waals surface area (Å²) >= 11 is 7.06. The lowest BCUT2D eigenvalue weighted by molar-refractivity contribution is -0.144. The van der Waals surface area contributed by atoms with E-state index in [1.807, 2.05) is 13.8 Å². The summed E-state index contributed by atoms with van der Waals surface area (Å²) in [5, 5.41) is 1.06. The number of rotatable bonds is 4. The third-order valence-electron chi connectivity index (χ3n) is 1.49. The maximum absolute atomic E-state index is 11.3. The van der Waals surface area contributed by atoms with Crippen LogP contribution in [-0.4, -0.2) is 27.8 Å². The lowest BCUT2D eigenvalue weighted by Gasteiger charge is -2.07. The number of ether oxygens (including phenoxy) is 1. The van der Waals surface area contributed by atoms with Gasteiger partial charge in [-0.1, -0.05) is 23.4 Å². The predicted molar refractivity (Wildman–Crippen MR) is 63.7 cm³/mol. The largest absolute Gasteiger partial charge is 0.462 e. The summed E-state index contributed by atoms with van der Waals surface area (Å²) in [5.74, 6) is 0.560. The van der Waals surface area contributed by atoms with Crippen LogP contribution in [0.1, 0.15) is 19.7 Å². The molecule has 0 atom stereocenters. The fraction of sp³-hybridized carbons (Fsp3) is 0.500. The molecule has 0 amide bonds. The van der Waals surface area contributed by atoms with Gasteiger partial charge in [0.15, 0.2) is 0 Å². The number of nitrogens with zero attached hydrogens (tertiary/aromatic N) is 2. The van der Waals surface area contributed by atoms with Gasteiger partial charge in [-0.05, 0) is 20.8 Å².